The fourth-order valence-electron chi connectivity index (χ4n) is 1.35. The highest BCUT2D eigenvalue weighted by Crippen LogP contribution is 2.12. The van der Waals surface area contributed by atoms with Gasteiger partial charge in [-0.2, -0.15) is 0 Å². The first kappa shape index (κ1) is 9.99. The SMILES string of the molecule is CCN(CCN)c1ccnc(C)c1. The molecule has 3 nitrogen and oxygen atoms in total. The van der Waals surface area contributed by atoms with Crippen molar-refractivity contribution in [2.75, 3.05) is 24.5 Å². The molecular formula is C10H17N3. The molecule has 1 rings (SSSR count). The third-order valence-electron chi connectivity index (χ3n) is 2.03. The van der Waals surface area contributed by atoms with Gasteiger partial charge in [-0.15, -0.1) is 0 Å². The van der Waals surface area contributed by atoms with Gasteiger partial charge in [0.2, 0.25) is 0 Å². The number of aromatic nitrogens is 1. The Hall–Kier alpha value is -1.09. The van der Waals surface area contributed by atoms with Crippen LogP contribution in [0, 0.1) is 6.92 Å². The monoisotopic (exact) mass is 179 g/mol. The first-order valence-electron chi connectivity index (χ1n) is 4.65. The highest BCUT2D eigenvalue weighted by atomic mass is 15.1. The fraction of sp³-hybridized carbons (Fsp3) is 0.500. The molecule has 0 bridgehead atoms. The van der Waals surface area contributed by atoms with Gasteiger partial charge in [-0.05, 0) is 26.0 Å². The molecule has 0 amide bonds. The minimum absolute atomic E-state index is 0.690. The van der Waals surface area contributed by atoms with Gasteiger partial charge in [0.25, 0.3) is 0 Å². The maximum atomic E-state index is 5.52. The van der Waals surface area contributed by atoms with Crippen molar-refractivity contribution in [1.29, 1.82) is 0 Å². The molecule has 13 heavy (non-hydrogen) atoms. The Kier molecular flexibility index (Phi) is 3.71. The van der Waals surface area contributed by atoms with Gasteiger partial charge in [-0.3, -0.25) is 4.98 Å². The van der Waals surface area contributed by atoms with Gasteiger partial charge in [-0.1, -0.05) is 0 Å². The summed E-state index contributed by atoms with van der Waals surface area (Å²) < 4.78 is 0. The Morgan fingerprint density at radius 2 is 2.31 bits per heavy atom. The molecule has 0 aliphatic rings. The molecule has 1 heterocycles. The lowest BCUT2D eigenvalue weighted by Gasteiger charge is -2.22. The van der Waals surface area contributed by atoms with E-state index < -0.39 is 0 Å². The summed E-state index contributed by atoms with van der Waals surface area (Å²) >= 11 is 0. The van der Waals surface area contributed by atoms with Gasteiger partial charge in [0.05, 0.1) is 0 Å². The van der Waals surface area contributed by atoms with Crippen LogP contribution < -0.4 is 10.6 Å². The number of pyridine rings is 1. The highest BCUT2D eigenvalue weighted by Gasteiger charge is 2.02. The second kappa shape index (κ2) is 4.82. The zero-order chi connectivity index (χ0) is 9.68. The van der Waals surface area contributed by atoms with Crippen LogP contribution in [0.3, 0.4) is 0 Å². The zero-order valence-electron chi connectivity index (χ0n) is 8.33. The molecule has 0 fully saturated rings. The zero-order valence-corrected chi connectivity index (χ0v) is 8.33. The number of rotatable bonds is 4. The second-order valence-electron chi connectivity index (χ2n) is 3.02. The lowest BCUT2D eigenvalue weighted by atomic mass is 10.3. The number of aryl methyl sites for hydroxylation is 1. The first-order valence-corrected chi connectivity index (χ1v) is 4.65. The third kappa shape index (κ3) is 2.70. The quantitative estimate of drug-likeness (QED) is 0.754. The van der Waals surface area contributed by atoms with Crippen molar-refractivity contribution >= 4 is 5.69 Å². The van der Waals surface area contributed by atoms with E-state index in [-0.39, 0.29) is 0 Å². The smallest absolute Gasteiger partial charge is 0.0400 e. The van der Waals surface area contributed by atoms with Crippen LogP contribution in [0.25, 0.3) is 0 Å². The predicted octanol–water partition coefficient (Wildman–Crippen LogP) is 1.18. The molecular weight excluding hydrogens is 162 g/mol. The molecule has 0 aliphatic heterocycles. The van der Waals surface area contributed by atoms with Crippen LogP contribution in [-0.4, -0.2) is 24.6 Å². The molecule has 0 aromatic carbocycles. The van der Waals surface area contributed by atoms with Crippen LogP contribution in [0.2, 0.25) is 0 Å². The molecule has 0 saturated heterocycles. The molecule has 72 valence electrons. The summed E-state index contributed by atoms with van der Waals surface area (Å²) in [6, 6.07) is 4.10. The summed E-state index contributed by atoms with van der Waals surface area (Å²) in [7, 11) is 0. The minimum Gasteiger partial charge on any atom is -0.370 e. The third-order valence-corrected chi connectivity index (χ3v) is 2.03. The lowest BCUT2D eigenvalue weighted by Crippen LogP contribution is -2.29. The van der Waals surface area contributed by atoms with E-state index in [0.717, 1.165) is 18.8 Å². The molecule has 0 atom stereocenters. The van der Waals surface area contributed by atoms with Gasteiger partial charge in [-0.25, -0.2) is 0 Å². The van der Waals surface area contributed by atoms with E-state index in [1.165, 1.54) is 5.69 Å². The molecule has 0 unspecified atom stereocenters. The molecule has 0 spiro atoms. The van der Waals surface area contributed by atoms with Crippen molar-refractivity contribution in [2.45, 2.75) is 13.8 Å². The molecule has 1 aromatic rings. The van der Waals surface area contributed by atoms with Gasteiger partial charge >= 0.3 is 0 Å². The van der Waals surface area contributed by atoms with Gasteiger partial charge in [0, 0.05) is 37.2 Å². The van der Waals surface area contributed by atoms with E-state index in [1.807, 2.05) is 19.2 Å². The number of hydrogen-bond acceptors (Lipinski definition) is 3. The highest BCUT2D eigenvalue weighted by molar-refractivity contribution is 5.46. The van der Waals surface area contributed by atoms with Crippen molar-refractivity contribution in [3.8, 4) is 0 Å². The van der Waals surface area contributed by atoms with Crippen molar-refractivity contribution < 1.29 is 0 Å². The second-order valence-corrected chi connectivity index (χ2v) is 3.02. The maximum absolute atomic E-state index is 5.52. The average molecular weight is 179 g/mol. The Labute approximate surface area is 79.6 Å². The number of likely N-dealkylation sites (N-methyl/N-ethyl adjacent to an activating group) is 1. The summed E-state index contributed by atoms with van der Waals surface area (Å²) in [4.78, 5) is 6.40. The largest absolute Gasteiger partial charge is 0.370 e. The van der Waals surface area contributed by atoms with Crippen molar-refractivity contribution in [1.82, 2.24) is 4.98 Å². The fourth-order valence-corrected chi connectivity index (χ4v) is 1.35. The summed E-state index contributed by atoms with van der Waals surface area (Å²) in [6.07, 6.45) is 1.84. The van der Waals surface area contributed by atoms with Gasteiger partial charge in [0.1, 0.15) is 0 Å². The summed E-state index contributed by atoms with van der Waals surface area (Å²) in [6.45, 7) is 6.71. The Balaban J connectivity index is 2.78. The molecule has 3 heteroatoms. The minimum atomic E-state index is 0.690. The number of nitrogens with zero attached hydrogens (tertiary/aromatic N) is 2. The normalized spacial score (nSPS) is 10.1. The van der Waals surface area contributed by atoms with Crippen molar-refractivity contribution in [2.24, 2.45) is 5.73 Å². The lowest BCUT2D eigenvalue weighted by molar-refractivity contribution is 0.815. The molecule has 1 aromatic heterocycles. The van der Waals surface area contributed by atoms with Gasteiger partial charge < -0.3 is 10.6 Å². The van der Waals surface area contributed by atoms with Crippen LogP contribution in [-0.2, 0) is 0 Å². The van der Waals surface area contributed by atoms with Crippen LogP contribution in [0.1, 0.15) is 12.6 Å². The van der Waals surface area contributed by atoms with E-state index in [4.69, 9.17) is 5.73 Å². The van der Waals surface area contributed by atoms with Crippen molar-refractivity contribution in [3.63, 3.8) is 0 Å². The van der Waals surface area contributed by atoms with E-state index >= 15 is 0 Å². The van der Waals surface area contributed by atoms with Gasteiger partial charge in [0.15, 0.2) is 0 Å². The molecule has 0 radical (unpaired) electrons. The number of hydrogen-bond donors (Lipinski definition) is 1. The molecule has 0 aliphatic carbocycles. The summed E-state index contributed by atoms with van der Waals surface area (Å²) in [5.74, 6) is 0. The van der Waals surface area contributed by atoms with E-state index in [2.05, 4.69) is 22.9 Å². The number of nitrogens with two attached hydrogens (primary N) is 1. The molecule has 0 saturated carbocycles. The van der Waals surface area contributed by atoms with Crippen molar-refractivity contribution in [3.05, 3.63) is 24.0 Å². The van der Waals surface area contributed by atoms with E-state index in [9.17, 15) is 0 Å². The maximum Gasteiger partial charge on any atom is 0.0400 e. The topological polar surface area (TPSA) is 42.1 Å². The van der Waals surface area contributed by atoms with E-state index in [0.29, 0.717) is 6.54 Å². The Bertz CT molecular complexity index is 260. The summed E-state index contributed by atoms with van der Waals surface area (Å²) in [5, 5.41) is 0. The van der Waals surface area contributed by atoms with Crippen LogP contribution in [0.5, 0.6) is 0 Å². The van der Waals surface area contributed by atoms with Crippen LogP contribution in [0.4, 0.5) is 5.69 Å². The van der Waals surface area contributed by atoms with E-state index in [1.54, 1.807) is 0 Å². The standard InChI is InChI=1S/C10H17N3/c1-3-13(7-5-11)10-4-6-12-9(2)8-10/h4,6,8H,3,5,7,11H2,1-2H3. The Morgan fingerprint density at radius 3 is 2.85 bits per heavy atom. The first-order chi connectivity index (χ1) is 6.27. The molecule has 2 N–H and O–H groups in total. The summed E-state index contributed by atoms with van der Waals surface area (Å²) in [5.41, 5.74) is 7.78. The Morgan fingerprint density at radius 1 is 1.54 bits per heavy atom. The predicted molar refractivity (Wildman–Crippen MR) is 55.9 cm³/mol. The van der Waals surface area contributed by atoms with Crippen LogP contribution in [0.15, 0.2) is 18.3 Å². The average Bonchev–Trinajstić information content (AvgIpc) is 2.14. The number of anilines is 1. The van der Waals surface area contributed by atoms with Crippen LogP contribution >= 0.6 is 0 Å².